The lowest BCUT2D eigenvalue weighted by atomic mass is 10.0. The average molecular weight is 533 g/mol. The van der Waals surface area contributed by atoms with Crippen molar-refractivity contribution in [2.24, 2.45) is 0 Å². The van der Waals surface area contributed by atoms with Gasteiger partial charge < -0.3 is 9.84 Å². The monoisotopic (exact) mass is 532 g/mol. The van der Waals surface area contributed by atoms with Gasteiger partial charge in [-0.1, -0.05) is 134 Å². The minimum atomic E-state index is -0.733. The lowest BCUT2D eigenvalue weighted by Gasteiger charge is -2.11. The Morgan fingerprint density at radius 1 is 0.605 bits per heavy atom. The maximum atomic E-state index is 12.4. The van der Waals surface area contributed by atoms with E-state index in [-0.39, 0.29) is 18.5 Å². The quantitative estimate of drug-likeness (QED) is 0.0618. The van der Waals surface area contributed by atoms with Gasteiger partial charge in [0.15, 0.2) is 0 Å². The molecule has 0 aromatic carbocycles. The highest BCUT2D eigenvalue weighted by atomic mass is 16.5. The highest BCUT2D eigenvalue weighted by molar-refractivity contribution is 5.69. The van der Waals surface area contributed by atoms with E-state index in [9.17, 15) is 9.59 Å². The van der Waals surface area contributed by atoms with Crippen LogP contribution in [0.25, 0.3) is 0 Å². The Balaban J connectivity index is 3.96. The van der Waals surface area contributed by atoms with Crippen molar-refractivity contribution in [3.63, 3.8) is 0 Å². The molecule has 0 fully saturated rings. The topological polar surface area (TPSA) is 63.6 Å². The van der Waals surface area contributed by atoms with Gasteiger partial charge in [0, 0.05) is 12.8 Å². The highest BCUT2D eigenvalue weighted by Gasteiger charge is 2.08. The van der Waals surface area contributed by atoms with Crippen molar-refractivity contribution < 1.29 is 19.4 Å². The van der Waals surface area contributed by atoms with Crippen molar-refractivity contribution in [1.82, 2.24) is 0 Å². The Morgan fingerprint density at radius 3 is 1.66 bits per heavy atom. The molecule has 0 rings (SSSR count). The van der Waals surface area contributed by atoms with E-state index in [4.69, 9.17) is 9.84 Å². The number of carbonyl (C=O) groups is 2. The number of aliphatic carboxylic acids is 1. The zero-order valence-electron chi connectivity index (χ0n) is 25.0. The van der Waals surface area contributed by atoms with Crippen LogP contribution in [-0.2, 0) is 14.3 Å². The fourth-order valence-electron chi connectivity index (χ4n) is 4.49. The molecular formula is C34H60O4. The van der Waals surface area contributed by atoms with E-state index >= 15 is 0 Å². The molecule has 1 N–H and O–H groups in total. The largest absolute Gasteiger partial charge is 0.481 e. The molecule has 220 valence electrons. The second-order valence-electron chi connectivity index (χ2n) is 10.6. The molecule has 1 atom stereocenters. The average Bonchev–Trinajstić information content (AvgIpc) is 2.89. The number of carbonyl (C=O) groups excluding carboxylic acids is 1. The van der Waals surface area contributed by atoms with Crippen LogP contribution in [0.2, 0.25) is 0 Å². The van der Waals surface area contributed by atoms with E-state index in [0.29, 0.717) is 12.8 Å². The van der Waals surface area contributed by atoms with Gasteiger partial charge in [0.05, 0.1) is 0 Å². The van der Waals surface area contributed by atoms with Crippen LogP contribution in [0.4, 0.5) is 0 Å². The molecule has 4 nitrogen and oxygen atoms in total. The minimum absolute atomic E-state index is 0.121. The summed E-state index contributed by atoms with van der Waals surface area (Å²) in [6.07, 6.45) is 37.7. The Labute approximate surface area is 235 Å². The third-order valence-corrected chi connectivity index (χ3v) is 6.84. The maximum absolute atomic E-state index is 12.4. The summed E-state index contributed by atoms with van der Waals surface area (Å²) in [7, 11) is 0. The molecule has 0 aromatic heterocycles. The first kappa shape index (κ1) is 36.2. The zero-order valence-corrected chi connectivity index (χ0v) is 25.0. The summed E-state index contributed by atoms with van der Waals surface area (Å²) in [5.74, 6) is -0.853. The first-order chi connectivity index (χ1) is 18.6. The van der Waals surface area contributed by atoms with Crippen LogP contribution in [0.3, 0.4) is 0 Å². The summed E-state index contributed by atoms with van der Waals surface area (Å²) < 4.78 is 5.72. The van der Waals surface area contributed by atoms with Gasteiger partial charge in [0.25, 0.3) is 0 Å². The van der Waals surface area contributed by atoms with Crippen LogP contribution in [0.5, 0.6) is 0 Å². The molecule has 0 amide bonds. The zero-order chi connectivity index (χ0) is 27.9. The van der Waals surface area contributed by atoms with E-state index < -0.39 is 5.97 Å². The number of hydrogen-bond donors (Lipinski definition) is 1. The molecule has 0 heterocycles. The minimum Gasteiger partial charge on any atom is -0.481 e. The summed E-state index contributed by atoms with van der Waals surface area (Å²) in [5, 5.41) is 8.72. The molecule has 0 spiro atoms. The standard InChI is InChI=1S/C34H60O4/c1-3-5-7-9-10-11-12-13-14-15-16-17-18-23-27-31-34(37)38-32(28-24-20-8-6-4-2)29-25-21-19-22-26-30-33(35)36/h6,8,24-25,28-29,32H,3-5,7,9-23,26-27,30-31H2,1-2H3,(H,35,36)/b8-6-,28-24-,29-25-. The van der Waals surface area contributed by atoms with Gasteiger partial charge in [-0.3, -0.25) is 9.59 Å². The molecule has 0 aliphatic carbocycles. The number of unbranched alkanes of at least 4 members (excludes halogenated alkanes) is 17. The summed E-state index contributed by atoms with van der Waals surface area (Å²) in [6.45, 7) is 4.39. The molecule has 1 unspecified atom stereocenters. The van der Waals surface area contributed by atoms with E-state index in [1.807, 2.05) is 12.2 Å². The van der Waals surface area contributed by atoms with E-state index in [1.165, 1.54) is 83.5 Å². The van der Waals surface area contributed by atoms with Crippen LogP contribution in [0.1, 0.15) is 162 Å². The predicted octanol–water partition coefficient (Wildman–Crippen LogP) is 10.7. The Hall–Kier alpha value is -1.84. The Morgan fingerprint density at radius 2 is 1.11 bits per heavy atom. The second-order valence-corrected chi connectivity index (χ2v) is 10.6. The number of allylic oxidation sites excluding steroid dienone is 4. The van der Waals surface area contributed by atoms with E-state index in [0.717, 1.165) is 44.9 Å². The maximum Gasteiger partial charge on any atom is 0.306 e. The van der Waals surface area contributed by atoms with Gasteiger partial charge in [-0.25, -0.2) is 0 Å². The number of hydrogen-bond acceptors (Lipinski definition) is 3. The van der Waals surface area contributed by atoms with E-state index in [2.05, 4.69) is 38.2 Å². The van der Waals surface area contributed by atoms with E-state index in [1.54, 1.807) is 0 Å². The first-order valence-corrected chi connectivity index (χ1v) is 16.0. The van der Waals surface area contributed by atoms with Gasteiger partial charge in [-0.15, -0.1) is 0 Å². The molecule has 0 aromatic rings. The first-order valence-electron chi connectivity index (χ1n) is 16.0. The molecule has 0 saturated heterocycles. The van der Waals surface area contributed by atoms with Crippen molar-refractivity contribution in [2.75, 3.05) is 0 Å². The molecule has 0 bridgehead atoms. The lowest BCUT2D eigenvalue weighted by molar-refractivity contribution is -0.145. The molecule has 38 heavy (non-hydrogen) atoms. The number of carboxylic acids is 1. The van der Waals surface area contributed by atoms with Crippen LogP contribution in [0.15, 0.2) is 36.5 Å². The van der Waals surface area contributed by atoms with Gasteiger partial charge in [-0.05, 0) is 50.7 Å². The third kappa shape index (κ3) is 28.7. The van der Waals surface area contributed by atoms with Crippen molar-refractivity contribution in [2.45, 2.75) is 168 Å². The van der Waals surface area contributed by atoms with Crippen LogP contribution >= 0.6 is 0 Å². The number of rotatable bonds is 28. The fraction of sp³-hybridized carbons (Fsp3) is 0.765. The summed E-state index contributed by atoms with van der Waals surface area (Å²) in [6, 6.07) is 0. The van der Waals surface area contributed by atoms with Crippen molar-refractivity contribution >= 4 is 11.9 Å². The lowest BCUT2D eigenvalue weighted by Crippen LogP contribution is -2.13. The van der Waals surface area contributed by atoms with Gasteiger partial charge in [0.2, 0.25) is 0 Å². The second kappa shape index (κ2) is 29.7. The number of esters is 1. The van der Waals surface area contributed by atoms with Gasteiger partial charge in [0.1, 0.15) is 6.10 Å². The molecule has 0 aliphatic heterocycles. The Kier molecular flexibility index (Phi) is 28.3. The molecule has 0 aliphatic rings. The molecule has 0 radical (unpaired) electrons. The van der Waals surface area contributed by atoms with Gasteiger partial charge in [-0.2, -0.15) is 0 Å². The highest BCUT2D eigenvalue weighted by Crippen LogP contribution is 2.14. The third-order valence-electron chi connectivity index (χ3n) is 6.84. The van der Waals surface area contributed by atoms with Crippen molar-refractivity contribution in [3.05, 3.63) is 36.5 Å². The molecule has 4 heteroatoms. The summed E-state index contributed by atoms with van der Waals surface area (Å²) >= 11 is 0. The predicted molar refractivity (Wildman–Crippen MR) is 162 cm³/mol. The SMILES string of the molecule is CC/C=C\C/C=C\C(/C=C\CCCCCC(=O)O)OC(=O)CCCCCCCCCCCCCCCCC. The smallest absolute Gasteiger partial charge is 0.306 e. The normalized spacial score (nSPS) is 12.7. The van der Waals surface area contributed by atoms with Crippen LogP contribution < -0.4 is 0 Å². The Bertz CT molecular complexity index is 620. The number of ether oxygens (including phenoxy) is 1. The van der Waals surface area contributed by atoms with Crippen LogP contribution in [-0.4, -0.2) is 23.1 Å². The van der Waals surface area contributed by atoms with Crippen LogP contribution in [0, 0.1) is 0 Å². The number of carboxylic acid groups (broad SMARTS) is 1. The van der Waals surface area contributed by atoms with Gasteiger partial charge >= 0.3 is 11.9 Å². The summed E-state index contributed by atoms with van der Waals surface area (Å²) in [4.78, 5) is 23.0. The molecular weight excluding hydrogens is 472 g/mol. The van der Waals surface area contributed by atoms with Crippen molar-refractivity contribution in [3.8, 4) is 0 Å². The summed E-state index contributed by atoms with van der Waals surface area (Å²) in [5.41, 5.74) is 0. The fourth-order valence-corrected chi connectivity index (χ4v) is 4.49. The molecule has 0 saturated carbocycles. The van der Waals surface area contributed by atoms with Crippen molar-refractivity contribution in [1.29, 1.82) is 0 Å².